The van der Waals surface area contributed by atoms with Gasteiger partial charge in [-0.25, -0.2) is 0 Å². The van der Waals surface area contributed by atoms with E-state index in [0.717, 1.165) is 18.7 Å². The molecule has 110 valence electrons. The van der Waals surface area contributed by atoms with Crippen LogP contribution in [0.1, 0.15) is 45.1 Å². The predicted octanol–water partition coefficient (Wildman–Crippen LogP) is 5.40. The van der Waals surface area contributed by atoms with Crippen LogP contribution in [0.2, 0.25) is 10.0 Å². The quantitative estimate of drug-likeness (QED) is 0.481. The first-order chi connectivity index (χ1) is 9.67. The molecular formula is C17H23Cl2N. The Kier molecular flexibility index (Phi) is 8.58. The number of hydrogen-bond donors (Lipinski definition) is 0. The molecule has 0 radical (unpaired) electrons. The van der Waals surface area contributed by atoms with E-state index in [1.165, 1.54) is 25.7 Å². The van der Waals surface area contributed by atoms with Crippen LogP contribution in [0.25, 0.3) is 0 Å². The molecule has 20 heavy (non-hydrogen) atoms. The summed E-state index contributed by atoms with van der Waals surface area (Å²) in [5.41, 5.74) is 1.04. The molecule has 0 amide bonds. The summed E-state index contributed by atoms with van der Waals surface area (Å²) in [4.78, 5) is 2.23. The molecule has 0 fully saturated rings. The fourth-order valence-electron chi connectivity index (χ4n) is 1.83. The van der Waals surface area contributed by atoms with Crippen LogP contribution in [0.4, 0.5) is 0 Å². The Hall–Kier alpha value is -0.840. The summed E-state index contributed by atoms with van der Waals surface area (Å²) >= 11 is 12.0. The van der Waals surface area contributed by atoms with Crippen LogP contribution in [-0.2, 0) is 6.42 Å². The van der Waals surface area contributed by atoms with Gasteiger partial charge in [0.05, 0.1) is 0 Å². The van der Waals surface area contributed by atoms with Crippen molar-refractivity contribution in [2.75, 3.05) is 13.1 Å². The molecule has 1 rings (SSSR count). The standard InChI is InChI=1S/C17H23Cl2N/c1-3-5-11-20(12-6-4-2)13-7-8-15-9-10-16(18)14-17(15)19/h9-10,14H,3-6,8,11-12H2,1-2H3. The first kappa shape index (κ1) is 17.2. The highest BCUT2D eigenvalue weighted by Crippen LogP contribution is 2.20. The van der Waals surface area contributed by atoms with Gasteiger partial charge >= 0.3 is 0 Å². The molecule has 0 aliphatic heterocycles. The van der Waals surface area contributed by atoms with Gasteiger partial charge in [0, 0.05) is 35.6 Å². The zero-order chi connectivity index (χ0) is 14.8. The summed E-state index contributed by atoms with van der Waals surface area (Å²) in [6, 6.07) is 8.85. The van der Waals surface area contributed by atoms with Crippen molar-refractivity contribution in [3.63, 3.8) is 0 Å². The number of halogens is 2. The van der Waals surface area contributed by atoms with Crippen LogP contribution in [0.5, 0.6) is 0 Å². The molecule has 0 heterocycles. The SMILES string of the molecule is CCCCN(C#CCc1ccc(Cl)cc1Cl)CCCC. The van der Waals surface area contributed by atoms with Gasteiger partial charge in [0.25, 0.3) is 0 Å². The molecule has 0 unspecified atom stereocenters. The Morgan fingerprint density at radius 1 is 1.05 bits per heavy atom. The number of hydrogen-bond acceptors (Lipinski definition) is 1. The van der Waals surface area contributed by atoms with E-state index in [2.05, 4.69) is 30.7 Å². The van der Waals surface area contributed by atoms with E-state index in [1.807, 2.05) is 12.1 Å². The normalized spacial score (nSPS) is 10.0. The van der Waals surface area contributed by atoms with Crippen molar-refractivity contribution in [1.29, 1.82) is 0 Å². The van der Waals surface area contributed by atoms with Crippen molar-refractivity contribution in [3.05, 3.63) is 33.8 Å². The Morgan fingerprint density at radius 2 is 1.70 bits per heavy atom. The lowest BCUT2D eigenvalue weighted by atomic mass is 10.1. The molecule has 0 saturated heterocycles. The van der Waals surface area contributed by atoms with E-state index >= 15 is 0 Å². The van der Waals surface area contributed by atoms with E-state index in [9.17, 15) is 0 Å². The molecule has 1 nitrogen and oxygen atoms in total. The maximum absolute atomic E-state index is 6.15. The molecule has 0 saturated carbocycles. The summed E-state index contributed by atoms with van der Waals surface area (Å²) in [6.45, 7) is 6.52. The zero-order valence-corrected chi connectivity index (χ0v) is 13.9. The van der Waals surface area contributed by atoms with Gasteiger partial charge in [-0.2, -0.15) is 0 Å². The smallest absolute Gasteiger partial charge is 0.0462 e. The Bertz CT molecular complexity index is 452. The second-order valence-electron chi connectivity index (χ2n) is 4.90. The van der Waals surface area contributed by atoms with Crippen molar-refractivity contribution in [2.45, 2.75) is 46.0 Å². The van der Waals surface area contributed by atoms with Gasteiger partial charge in [0.2, 0.25) is 0 Å². The zero-order valence-electron chi connectivity index (χ0n) is 12.4. The molecule has 0 aromatic heterocycles. The molecule has 1 aromatic rings. The van der Waals surface area contributed by atoms with Gasteiger partial charge in [-0.05, 0) is 30.5 Å². The van der Waals surface area contributed by atoms with Gasteiger partial charge in [-0.3, -0.25) is 0 Å². The van der Waals surface area contributed by atoms with Crippen LogP contribution in [-0.4, -0.2) is 18.0 Å². The lowest BCUT2D eigenvalue weighted by Crippen LogP contribution is -2.20. The van der Waals surface area contributed by atoms with E-state index < -0.39 is 0 Å². The van der Waals surface area contributed by atoms with Crippen LogP contribution >= 0.6 is 23.2 Å². The van der Waals surface area contributed by atoms with Crippen molar-refractivity contribution in [2.24, 2.45) is 0 Å². The Labute approximate surface area is 133 Å². The van der Waals surface area contributed by atoms with Crippen molar-refractivity contribution >= 4 is 23.2 Å². The molecule has 3 heteroatoms. The third-order valence-electron chi connectivity index (χ3n) is 3.09. The molecule has 0 spiro atoms. The predicted molar refractivity (Wildman–Crippen MR) is 89.3 cm³/mol. The van der Waals surface area contributed by atoms with Crippen molar-refractivity contribution < 1.29 is 0 Å². The maximum atomic E-state index is 6.15. The number of benzene rings is 1. The van der Waals surface area contributed by atoms with Gasteiger partial charge in [0.15, 0.2) is 0 Å². The van der Waals surface area contributed by atoms with E-state index in [4.69, 9.17) is 23.2 Å². The minimum atomic E-state index is 0.666. The van der Waals surface area contributed by atoms with Gasteiger partial charge in [-0.15, -0.1) is 0 Å². The largest absolute Gasteiger partial charge is 0.333 e. The Balaban J connectivity index is 2.59. The highest BCUT2D eigenvalue weighted by atomic mass is 35.5. The maximum Gasteiger partial charge on any atom is 0.0462 e. The van der Waals surface area contributed by atoms with E-state index in [0.29, 0.717) is 16.5 Å². The van der Waals surface area contributed by atoms with Crippen LogP contribution in [0.15, 0.2) is 18.2 Å². The lowest BCUT2D eigenvalue weighted by Gasteiger charge is -2.16. The lowest BCUT2D eigenvalue weighted by molar-refractivity contribution is 0.380. The number of rotatable bonds is 7. The second-order valence-corrected chi connectivity index (χ2v) is 5.74. The first-order valence-electron chi connectivity index (χ1n) is 7.34. The highest BCUT2D eigenvalue weighted by Gasteiger charge is 2.00. The van der Waals surface area contributed by atoms with Crippen molar-refractivity contribution in [3.8, 4) is 12.0 Å². The molecule has 1 aromatic carbocycles. The summed E-state index contributed by atoms with van der Waals surface area (Å²) in [5, 5.41) is 1.36. The van der Waals surface area contributed by atoms with Gasteiger partial charge in [-0.1, -0.05) is 61.9 Å². The van der Waals surface area contributed by atoms with E-state index in [-0.39, 0.29) is 0 Å². The third kappa shape index (κ3) is 6.55. The average molecular weight is 312 g/mol. The minimum absolute atomic E-state index is 0.666. The van der Waals surface area contributed by atoms with Gasteiger partial charge in [0.1, 0.15) is 0 Å². The second kappa shape index (κ2) is 9.97. The molecule has 0 bridgehead atoms. The molecule has 0 N–H and O–H groups in total. The summed E-state index contributed by atoms with van der Waals surface area (Å²) in [7, 11) is 0. The van der Waals surface area contributed by atoms with Crippen LogP contribution in [0.3, 0.4) is 0 Å². The minimum Gasteiger partial charge on any atom is -0.333 e. The molecule has 0 atom stereocenters. The number of nitrogens with zero attached hydrogens (tertiary/aromatic N) is 1. The molecule has 0 aliphatic carbocycles. The summed E-state index contributed by atoms with van der Waals surface area (Å²) in [6.07, 6.45) is 5.46. The Morgan fingerprint density at radius 3 is 2.25 bits per heavy atom. The van der Waals surface area contributed by atoms with Crippen molar-refractivity contribution in [1.82, 2.24) is 4.90 Å². The van der Waals surface area contributed by atoms with Crippen LogP contribution < -0.4 is 0 Å². The van der Waals surface area contributed by atoms with E-state index in [1.54, 1.807) is 6.07 Å². The first-order valence-corrected chi connectivity index (χ1v) is 8.10. The third-order valence-corrected chi connectivity index (χ3v) is 3.68. The number of unbranched alkanes of at least 4 members (excludes halogenated alkanes) is 2. The summed E-state index contributed by atoms with van der Waals surface area (Å²) < 4.78 is 0. The fraction of sp³-hybridized carbons (Fsp3) is 0.529. The molecule has 0 aliphatic rings. The van der Waals surface area contributed by atoms with Crippen LogP contribution in [0, 0.1) is 12.0 Å². The summed E-state index contributed by atoms with van der Waals surface area (Å²) in [5.74, 6) is 3.23. The average Bonchev–Trinajstić information content (AvgIpc) is 2.43. The monoisotopic (exact) mass is 311 g/mol. The topological polar surface area (TPSA) is 3.24 Å². The van der Waals surface area contributed by atoms with Gasteiger partial charge < -0.3 is 4.90 Å². The highest BCUT2D eigenvalue weighted by molar-refractivity contribution is 6.35. The fourth-order valence-corrected chi connectivity index (χ4v) is 2.31. The molecular weight excluding hydrogens is 289 g/mol.